The summed E-state index contributed by atoms with van der Waals surface area (Å²) < 4.78 is 13.1. The van der Waals surface area contributed by atoms with E-state index in [2.05, 4.69) is 9.97 Å². The third-order valence-corrected chi connectivity index (χ3v) is 3.52. The fraction of sp³-hybridized carbons (Fsp3) is 0.231. The van der Waals surface area contributed by atoms with E-state index in [9.17, 15) is 9.18 Å². The monoisotopic (exact) mass is 279 g/mol. The molecule has 6 heteroatoms. The molecule has 1 aliphatic heterocycles. The van der Waals surface area contributed by atoms with Gasteiger partial charge in [-0.05, 0) is 18.2 Å². The van der Waals surface area contributed by atoms with Crippen molar-refractivity contribution in [2.75, 3.05) is 6.54 Å². The first-order valence-electron chi connectivity index (χ1n) is 5.90. The summed E-state index contributed by atoms with van der Waals surface area (Å²) in [6, 6.07) is 4.02. The number of carbonyl (C=O) groups excluding carboxylic acids is 1. The highest BCUT2D eigenvalue weighted by atomic mass is 35.5. The molecule has 0 radical (unpaired) electrons. The number of rotatable bonds is 1. The Balaban J connectivity index is 1.83. The summed E-state index contributed by atoms with van der Waals surface area (Å²) in [5.74, 6) is -0.671. The quantitative estimate of drug-likeness (QED) is 0.871. The molecule has 0 unspecified atom stereocenters. The van der Waals surface area contributed by atoms with Gasteiger partial charge < -0.3 is 9.88 Å². The second-order valence-corrected chi connectivity index (χ2v) is 4.84. The third-order valence-electron chi connectivity index (χ3n) is 3.23. The normalized spacial score (nSPS) is 14.3. The highest BCUT2D eigenvalue weighted by Crippen LogP contribution is 2.20. The lowest BCUT2D eigenvalue weighted by molar-refractivity contribution is 0.0732. The molecule has 3 rings (SSSR count). The van der Waals surface area contributed by atoms with Crippen molar-refractivity contribution in [3.05, 3.63) is 52.3 Å². The summed E-state index contributed by atoms with van der Waals surface area (Å²) in [6.07, 6.45) is 2.35. The summed E-state index contributed by atoms with van der Waals surface area (Å²) in [4.78, 5) is 21.2. The zero-order valence-electron chi connectivity index (χ0n) is 9.99. The number of halogens is 2. The smallest absolute Gasteiger partial charge is 0.254 e. The van der Waals surface area contributed by atoms with Crippen molar-refractivity contribution in [2.24, 2.45) is 0 Å². The number of amides is 1. The average molecular weight is 280 g/mol. The molecule has 2 aromatic rings. The highest BCUT2D eigenvalue weighted by molar-refractivity contribution is 6.31. The fourth-order valence-electron chi connectivity index (χ4n) is 2.20. The van der Waals surface area contributed by atoms with Crippen LogP contribution in [0.15, 0.2) is 24.5 Å². The Morgan fingerprint density at radius 3 is 3.11 bits per heavy atom. The molecule has 0 bridgehead atoms. The standard InChI is InChI=1S/C13H11ClFN3O/c14-9-5-8(1-2-10(9)15)13(19)18-4-3-11-12(6-18)17-7-16-11/h1-2,5,7H,3-4,6H2,(H,16,17). The van der Waals surface area contributed by atoms with Gasteiger partial charge in [-0.3, -0.25) is 4.79 Å². The van der Waals surface area contributed by atoms with Gasteiger partial charge in [0.2, 0.25) is 0 Å². The third kappa shape index (κ3) is 2.21. The largest absolute Gasteiger partial charge is 0.347 e. The molecule has 0 aliphatic carbocycles. The van der Waals surface area contributed by atoms with Crippen LogP contribution in [0.5, 0.6) is 0 Å². The minimum atomic E-state index is -0.521. The second kappa shape index (κ2) is 4.66. The Morgan fingerprint density at radius 2 is 2.32 bits per heavy atom. The number of nitrogens with zero attached hydrogens (tertiary/aromatic N) is 2. The molecule has 1 aliphatic rings. The number of hydrogen-bond donors (Lipinski definition) is 1. The highest BCUT2D eigenvalue weighted by Gasteiger charge is 2.23. The molecule has 1 amide bonds. The van der Waals surface area contributed by atoms with E-state index in [0.29, 0.717) is 18.7 Å². The van der Waals surface area contributed by atoms with Crippen molar-refractivity contribution >= 4 is 17.5 Å². The van der Waals surface area contributed by atoms with Gasteiger partial charge in [0.15, 0.2) is 0 Å². The molecule has 98 valence electrons. The topological polar surface area (TPSA) is 49.0 Å². The number of imidazole rings is 1. The molecule has 2 heterocycles. The van der Waals surface area contributed by atoms with Gasteiger partial charge in [-0.15, -0.1) is 0 Å². The summed E-state index contributed by atoms with van der Waals surface area (Å²) in [6.45, 7) is 1.09. The molecule has 4 nitrogen and oxygen atoms in total. The zero-order valence-corrected chi connectivity index (χ0v) is 10.7. The van der Waals surface area contributed by atoms with Crippen LogP contribution in [0.2, 0.25) is 5.02 Å². The van der Waals surface area contributed by atoms with Gasteiger partial charge >= 0.3 is 0 Å². The van der Waals surface area contributed by atoms with E-state index >= 15 is 0 Å². The molecule has 0 saturated carbocycles. The van der Waals surface area contributed by atoms with Gasteiger partial charge in [-0.2, -0.15) is 0 Å². The van der Waals surface area contributed by atoms with E-state index in [1.165, 1.54) is 18.2 Å². The van der Waals surface area contributed by atoms with E-state index in [4.69, 9.17) is 11.6 Å². The Morgan fingerprint density at radius 1 is 1.47 bits per heavy atom. The van der Waals surface area contributed by atoms with Gasteiger partial charge in [-0.25, -0.2) is 9.37 Å². The van der Waals surface area contributed by atoms with Crippen LogP contribution >= 0.6 is 11.6 Å². The van der Waals surface area contributed by atoms with Crippen molar-refractivity contribution in [1.29, 1.82) is 0 Å². The molecule has 0 fully saturated rings. The van der Waals surface area contributed by atoms with Crippen molar-refractivity contribution in [1.82, 2.24) is 14.9 Å². The lowest BCUT2D eigenvalue weighted by Crippen LogP contribution is -2.36. The van der Waals surface area contributed by atoms with E-state index < -0.39 is 5.82 Å². The van der Waals surface area contributed by atoms with Gasteiger partial charge in [0, 0.05) is 18.5 Å². The number of nitrogens with one attached hydrogen (secondary N) is 1. The van der Waals surface area contributed by atoms with Crippen LogP contribution in [0.4, 0.5) is 4.39 Å². The summed E-state index contributed by atoms with van der Waals surface area (Å²) in [5.41, 5.74) is 2.35. The second-order valence-electron chi connectivity index (χ2n) is 4.43. The average Bonchev–Trinajstić information content (AvgIpc) is 2.88. The van der Waals surface area contributed by atoms with Crippen LogP contribution in [0, 0.1) is 5.82 Å². The first kappa shape index (κ1) is 12.2. The molecule has 1 N–H and O–H groups in total. The van der Waals surface area contributed by atoms with Crippen LogP contribution in [0.25, 0.3) is 0 Å². The molecule has 0 atom stereocenters. The van der Waals surface area contributed by atoms with Crippen LogP contribution in [0.1, 0.15) is 21.7 Å². The molecular weight excluding hydrogens is 269 g/mol. The predicted octanol–water partition coefficient (Wildman–Crippen LogP) is 2.40. The molecule has 19 heavy (non-hydrogen) atoms. The molecular formula is C13H11ClFN3O. The van der Waals surface area contributed by atoms with E-state index in [1.54, 1.807) is 11.2 Å². The van der Waals surface area contributed by atoms with Crippen LogP contribution in [0.3, 0.4) is 0 Å². The Hall–Kier alpha value is -1.88. The van der Waals surface area contributed by atoms with Gasteiger partial charge in [0.05, 0.1) is 29.3 Å². The van der Waals surface area contributed by atoms with E-state index in [-0.39, 0.29) is 10.9 Å². The predicted molar refractivity (Wildman–Crippen MR) is 68.4 cm³/mol. The number of hydrogen-bond acceptors (Lipinski definition) is 2. The van der Waals surface area contributed by atoms with E-state index in [1.807, 2.05) is 0 Å². The Labute approximate surface area is 114 Å². The maximum atomic E-state index is 13.1. The molecule has 1 aromatic carbocycles. The zero-order chi connectivity index (χ0) is 13.4. The number of aromatic nitrogens is 2. The number of carbonyl (C=O) groups is 1. The first-order chi connectivity index (χ1) is 9.15. The van der Waals surface area contributed by atoms with Crippen molar-refractivity contribution in [2.45, 2.75) is 13.0 Å². The molecule has 0 spiro atoms. The van der Waals surface area contributed by atoms with Crippen molar-refractivity contribution < 1.29 is 9.18 Å². The Bertz CT molecular complexity index is 641. The number of benzene rings is 1. The summed E-state index contributed by atoms with van der Waals surface area (Å²) >= 11 is 5.70. The minimum Gasteiger partial charge on any atom is -0.347 e. The van der Waals surface area contributed by atoms with Crippen LogP contribution < -0.4 is 0 Å². The van der Waals surface area contributed by atoms with E-state index in [0.717, 1.165) is 17.8 Å². The SMILES string of the molecule is O=C(c1ccc(F)c(Cl)c1)N1CCc2nc[nH]c2C1. The number of fused-ring (bicyclic) bond motifs is 1. The summed E-state index contributed by atoms with van der Waals surface area (Å²) in [7, 11) is 0. The number of H-pyrrole nitrogens is 1. The Kier molecular flexibility index (Phi) is 2.98. The molecule has 1 aromatic heterocycles. The van der Waals surface area contributed by atoms with Gasteiger partial charge in [0.25, 0.3) is 5.91 Å². The lowest BCUT2D eigenvalue weighted by atomic mass is 10.1. The van der Waals surface area contributed by atoms with Crippen molar-refractivity contribution in [3.8, 4) is 0 Å². The van der Waals surface area contributed by atoms with Gasteiger partial charge in [-0.1, -0.05) is 11.6 Å². The molecule has 0 saturated heterocycles. The lowest BCUT2D eigenvalue weighted by Gasteiger charge is -2.26. The van der Waals surface area contributed by atoms with Gasteiger partial charge in [0.1, 0.15) is 5.82 Å². The van der Waals surface area contributed by atoms with Crippen LogP contribution in [-0.4, -0.2) is 27.3 Å². The minimum absolute atomic E-state index is 0.0370. The maximum absolute atomic E-state index is 13.1. The maximum Gasteiger partial charge on any atom is 0.254 e. The summed E-state index contributed by atoms with van der Waals surface area (Å²) in [5, 5.41) is -0.0370. The number of aromatic amines is 1. The fourth-order valence-corrected chi connectivity index (χ4v) is 2.38. The first-order valence-corrected chi connectivity index (χ1v) is 6.28. The van der Waals surface area contributed by atoms with Crippen LogP contribution in [-0.2, 0) is 13.0 Å². The van der Waals surface area contributed by atoms with Crippen molar-refractivity contribution in [3.63, 3.8) is 0 Å².